The van der Waals surface area contributed by atoms with Gasteiger partial charge in [-0.05, 0) is 61.7 Å². The highest BCUT2D eigenvalue weighted by Gasteiger charge is 2.13. The minimum absolute atomic E-state index is 0.0108. The maximum Gasteiger partial charge on any atom is 0.322 e. The van der Waals surface area contributed by atoms with Gasteiger partial charge >= 0.3 is 9.15 Å². The molecule has 0 spiro atoms. The summed E-state index contributed by atoms with van der Waals surface area (Å²) in [6.45, 7) is 10.5. The van der Waals surface area contributed by atoms with Crippen molar-refractivity contribution in [3.05, 3.63) is 59.7 Å². The number of aryl methyl sites for hydroxylation is 2. The fourth-order valence-corrected chi connectivity index (χ4v) is 5.21. The molecule has 0 saturated heterocycles. The second-order valence-electron chi connectivity index (χ2n) is 8.38. The minimum Gasteiger partial charge on any atom is -0.489 e. The molecule has 0 aliphatic rings. The van der Waals surface area contributed by atoms with Crippen molar-refractivity contribution in [2.75, 3.05) is 38.5 Å². The van der Waals surface area contributed by atoms with Crippen molar-refractivity contribution >= 4 is 19.9 Å². The van der Waals surface area contributed by atoms with Crippen LogP contribution in [-0.2, 0) is 13.3 Å². The Balaban J connectivity index is 1.55. The molecule has 2 N–H and O–H groups in total. The van der Waals surface area contributed by atoms with Crippen LogP contribution in [0.5, 0.6) is 11.5 Å². The molecular formula is C26H40N2O5S2. The number of hydrogen-bond acceptors (Lipinski definition) is 8. The number of rotatable bonds is 18. The summed E-state index contributed by atoms with van der Waals surface area (Å²) >= 11 is 0. The second-order valence-corrected chi connectivity index (χ2v) is 12.0. The van der Waals surface area contributed by atoms with Gasteiger partial charge in [0.15, 0.2) is 0 Å². The molecule has 0 saturated carbocycles. The third-order valence-corrected chi connectivity index (χ3v) is 8.08. The Morgan fingerprint density at radius 1 is 0.771 bits per heavy atom. The van der Waals surface area contributed by atoms with Crippen LogP contribution in [0.3, 0.4) is 0 Å². The average molecular weight is 525 g/mol. The molecule has 2 rings (SSSR count). The lowest BCUT2D eigenvalue weighted by Crippen LogP contribution is -2.33. The molecule has 0 aromatic heterocycles. The summed E-state index contributed by atoms with van der Waals surface area (Å²) in [6.07, 6.45) is 1.75. The van der Waals surface area contributed by atoms with Crippen molar-refractivity contribution in [2.24, 2.45) is 0 Å². The third kappa shape index (κ3) is 12.7. The van der Waals surface area contributed by atoms with Gasteiger partial charge in [0.25, 0.3) is 0 Å². The summed E-state index contributed by atoms with van der Waals surface area (Å²) in [4.78, 5) is 0. The maximum atomic E-state index is 12.1. The van der Waals surface area contributed by atoms with Crippen LogP contribution in [0.1, 0.15) is 37.8 Å². The van der Waals surface area contributed by atoms with Crippen LogP contribution in [-0.4, -0.2) is 59.2 Å². The highest BCUT2D eigenvalue weighted by atomic mass is 33.1. The standard InChI is InChI=1S/C26H40N2O5S2/c1-5-23(32-25-11-7-21(3)8-12-25)19-27-15-17-31-35(29,30)34-18-16-28-20-24(6-2)33-26-13-9-22(4)10-14-26/h7-14,23-24,27-28H,5-6,15-20H2,1-4H3/t23-,24-/m0/s1. The van der Waals surface area contributed by atoms with Crippen molar-refractivity contribution in [3.63, 3.8) is 0 Å². The van der Waals surface area contributed by atoms with Gasteiger partial charge in [-0.15, -0.1) is 0 Å². The average Bonchev–Trinajstić information content (AvgIpc) is 2.84. The topological polar surface area (TPSA) is 85.9 Å². The first-order chi connectivity index (χ1) is 16.8. The fraction of sp³-hybridized carbons (Fsp3) is 0.538. The van der Waals surface area contributed by atoms with E-state index in [0.717, 1.165) is 35.1 Å². The molecule has 35 heavy (non-hydrogen) atoms. The summed E-state index contributed by atoms with van der Waals surface area (Å²) in [5, 5.41) is 6.48. The largest absolute Gasteiger partial charge is 0.489 e. The van der Waals surface area contributed by atoms with Crippen LogP contribution in [0.2, 0.25) is 0 Å². The van der Waals surface area contributed by atoms with Crippen molar-refractivity contribution in [1.82, 2.24) is 10.6 Å². The van der Waals surface area contributed by atoms with Gasteiger partial charge in [-0.2, -0.15) is 8.42 Å². The van der Waals surface area contributed by atoms with Gasteiger partial charge in [0.2, 0.25) is 0 Å². The number of benzene rings is 2. The molecule has 2 aromatic carbocycles. The van der Waals surface area contributed by atoms with Crippen molar-refractivity contribution in [1.29, 1.82) is 0 Å². The Kier molecular flexibility index (Phi) is 13.5. The minimum atomic E-state index is -3.63. The molecule has 0 aliphatic heterocycles. The first kappa shape index (κ1) is 29.5. The number of nitrogens with one attached hydrogen (secondary N) is 2. The van der Waals surface area contributed by atoms with E-state index >= 15 is 0 Å². The molecule has 0 unspecified atom stereocenters. The first-order valence-electron chi connectivity index (χ1n) is 12.2. The molecule has 196 valence electrons. The maximum absolute atomic E-state index is 12.1. The third-order valence-electron chi connectivity index (χ3n) is 5.32. The second kappa shape index (κ2) is 16.1. The molecule has 9 heteroatoms. The molecule has 2 aromatic rings. The van der Waals surface area contributed by atoms with Crippen molar-refractivity contribution in [2.45, 2.75) is 52.7 Å². The Labute approximate surface area is 214 Å². The first-order valence-corrected chi connectivity index (χ1v) is 15.1. The molecule has 0 heterocycles. The summed E-state index contributed by atoms with van der Waals surface area (Å²) in [5.74, 6) is 2.08. The molecule has 0 fully saturated rings. The van der Waals surface area contributed by atoms with Gasteiger partial charge in [0, 0.05) is 31.9 Å². The van der Waals surface area contributed by atoms with Crippen LogP contribution in [0, 0.1) is 13.8 Å². The molecule has 0 amide bonds. The zero-order chi connectivity index (χ0) is 25.5. The van der Waals surface area contributed by atoms with Crippen LogP contribution in [0.25, 0.3) is 0 Å². The van der Waals surface area contributed by atoms with E-state index in [0.29, 0.717) is 31.9 Å². The van der Waals surface area contributed by atoms with Gasteiger partial charge in [-0.25, -0.2) is 0 Å². The summed E-state index contributed by atoms with van der Waals surface area (Å²) in [6, 6.07) is 15.9. The Morgan fingerprint density at radius 2 is 1.23 bits per heavy atom. The van der Waals surface area contributed by atoms with Crippen molar-refractivity contribution < 1.29 is 22.1 Å². The van der Waals surface area contributed by atoms with Gasteiger partial charge < -0.3 is 20.1 Å². The monoisotopic (exact) mass is 524 g/mol. The molecule has 0 radical (unpaired) electrons. The Morgan fingerprint density at radius 3 is 1.69 bits per heavy atom. The van der Waals surface area contributed by atoms with E-state index in [2.05, 4.69) is 24.5 Å². The number of hydrogen-bond donors (Lipinski definition) is 2. The van der Waals surface area contributed by atoms with Crippen LogP contribution < -0.4 is 20.1 Å². The highest BCUT2D eigenvalue weighted by Crippen LogP contribution is 2.16. The molecule has 0 aliphatic carbocycles. The normalized spacial score (nSPS) is 13.4. The quantitative estimate of drug-likeness (QED) is 0.218. The van der Waals surface area contributed by atoms with E-state index in [9.17, 15) is 8.42 Å². The van der Waals surface area contributed by atoms with E-state index in [1.807, 2.05) is 62.4 Å². The molecular weight excluding hydrogens is 484 g/mol. The molecule has 0 bridgehead atoms. The number of ether oxygens (including phenoxy) is 2. The van der Waals surface area contributed by atoms with E-state index < -0.39 is 9.15 Å². The van der Waals surface area contributed by atoms with Gasteiger partial charge in [0.05, 0.1) is 6.61 Å². The van der Waals surface area contributed by atoms with Gasteiger partial charge in [-0.1, -0.05) is 49.2 Å². The zero-order valence-corrected chi connectivity index (χ0v) is 22.9. The zero-order valence-electron chi connectivity index (χ0n) is 21.3. The van der Waals surface area contributed by atoms with E-state index in [1.54, 1.807) is 0 Å². The smallest absolute Gasteiger partial charge is 0.322 e. The lowest BCUT2D eigenvalue weighted by molar-refractivity contribution is 0.190. The SMILES string of the molecule is CC[C@@H](CNCCOS(=O)(=O)SCCNC[C@H](CC)Oc1ccc(C)cc1)Oc1ccc(C)cc1. The van der Waals surface area contributed by atoms with Crippen LogP contribution in [0.4, 0.5) is 0 Å². The Bertz CT molecular complexity index is 866. The van der Waals surface area contributed by atoms with E-state index in [-0.39, 0.29) is 18.8 Å². The summed E-state index contributed by atoms with van der Waals surface area (Å²) < 4.78 is 41.3. The summed E-state index contributed by atoms with van der Waals surface area (Å²) in [5.41, 5.74) is 2.38. The lowest BCUT2D eigenvalue weighted by atomic mass is 10.2. The van der Waals surface area contributed by atoms with E-state index in [1.165, 1.54) is 11.1 Å². The fourth-order valence-electron chi connectivity index (χ4n) is 3.15. The summed E-state index contributed by atoms with van der Waals surface area (Å²) in [7, 11) is -2.82. The van der Waals surface area contributed by atoms with Crippen LogP contribution in [0.15, 0.2) is 48.5 Å². The predicted octanol–water partition coefficient (Wildman–Crippen LogP) is 4.49. The van der Waals surface area contributed by atoms with E-state index in [4.69, 9.17) is 13.7 Å². The Hall–Kier alpha value is -1.78. The van der Waals surface area contributed by atoms with Crippen LogP contribution >= 0.6 is 10.8 Å². The van der Waals surface area contributed by atoms with Crippen molar-refractivity contribution in [3.8, 4) is 11.5 Å². The highest BCUT2D eigenvalue weighted by molar-refractivity contribution is 8.70. The van der Waals surface area contributed by atoms with Gasteiger partial charge in [0.1, 0.15) is 23.7 Å². The lowest BCUT2D eigenvalue weighted by Gasteiger charge is -2.18. The molecule has 7 nitrogen and oxygen atoms in total. The predicted molar refractivity (Wildman–Crippen MR) is 145 cm³/mol. The molecule has 2 atom stereocenters. The van der Waals surface area contributed by atoms with Gasteiger partial charge in [-0.3, -0.25) is 4.18 Å².